The number of rotatable bonds is 3. The molecule has 0 amide bonds. The molecule has 7 heteroatoms. The van der Waals surface area contributed by atoms with Crippen molar-refractivity contribution in [3.63, 3.8) is 0 Å². The second-order valence-electron chi connectivity index (χ2n) is 2.85. The van der Waals surface area contributed by atoms with Crippen molar-refractivity contribution in [2.75, 3.05) is 4.72 Å². The SMILES string of the molecule is O=S(=O)(Nc1ncccn1)c1ccccn1. The van der Waals surface area contributed by atoms with Crippen LogP contribution >= 0.6 is 0 Å². The van der Waals surface area contributed by atoms with Gasteiger partial charge in [-0.2, -0.15) is 8.42 Å². The lowest BCUT2D eigenvalue weighted by Gasteiger charge is -2.04. The van der Waals surface area contributed by atoms with E-state index in [-0.39, 0.29) is 11.0 Å². The standard InChI is InChI=1S/C9H8N4O2S/c14-16(15,8-4-1-2-5-10-8)13-9-11-6-3-7-12-9/h1-7H,(H,11,12,13). The van der Waals surface area contributed by atoms with Gasteiger partial charge in [0.25, 0.3) is 10.0 Å². The zero-order chi connectivity index (χ0) is 11.4. The van der Waals surface area contributed by atoms with Crippen LogP contribution in [0.4, 0.5) is 5.95 Å². The molecular weight excluding hydrogens is 228 g/mol. The summed E-state index contributed by atoms with van der Waals surface area (Å²) >= 11 is 0. The van der Waals surface area contributed by atoms with Crippen molar-refractivity contribution in [2.24, 2.45) is 0 Å². The van der Waals surface area contributed by atoms with Gasteiger partial charge in [0.15, 0.2) is 5.03 Å². The van der Waals surface area contributed by atoms with Gasteiger partial charge in [0.2, 0.25) is 5.95 Å². The Morgan fingerprint density at radius 3 is 2.25 bits per heavy atom. The van der Waals surface area contributed by atoms with Crippen molar-refractivity contribution in [3.8, 4) is 0 Å². The molecule has 2 aromatic heterocycles. The molecule has 0 fully saturated rings. The molecule has 6 nitrogen and oxygen atoms in total. The van der Waals surface area contributed by atoms with Crippen LogP contribution in [0.1, 0.15) is 0 Å². The highest BCUT2D eigenvalue weighted by Crippen LogP contribution is 2.08. The average molecular weight is 236 g/mol. The molecule has 16 heavy (non-hydrogen) atoms. The summed E-state index contributed by atoms with van der Waals surface area (Å²) in [7, 11) is -3.70. The Hall–Kier alpha value is -2.02. The van der Waals surface area contributed by atoms with Crippen LogP contribution in [0.25, 0.3) is 0 Å². The van der Waals surface area contributed by atoms with Gasteiger partial charge in [-0.05, 0) is 18.2 Å². The highest BCUT2D eigenvalue weighted by Gasteiger charge is 2.15. The molecule has 2 aromatic rings. The monoisotopic (exact) mass is 236 g/mol. The van der Waals surface area contributed by atoms with Gasteiger partial charge in [0.05, 0.1) is 0 Å². The molecule has 0 aliphatic heterocycles. The second-order valence-corrected chi connectivity index (χ2v) is 4.48. The summed E-state index contributed by atoms with van der Waals surface area (Å²) in [5.41, 5.74) is 0. The van der Waals surface area contributed by atoms with E-state index in [2.05, 4.69) is 19.7 Å². The number of anilines is 1. The Labute approximate surface area is 92.5 Å². The fraction of sp³-hybridized carbons (Fsp3) is 0. The Bertz CT molecular complexity index is 557. The molecule has 0 atom stereocenters. The van der Waals surface area contributed by atoms with Crippen LogP contribution in [0.15, 0.2) is 47.9 Å². The minimum atomic E-state index is -3.70. The highest BCUT2D eigenvalue weighted by molar-refractivity contribution is 7.92. The first-order chi connectivity index (χ1) is 7.68. The summed E-state index contributed by atoms with van der Waals surface area (Å²) in [4.78, 5) is 11.3. The molecule has 0 aliphatic carbocycles. The number of hydrogen-bond donors (Lipinski definition) is 1. The van der Waals surface area contributed by atoms with Gasteiger partial charge >= 0.3 is 0 Å². The Balaban J connectivity index is 2.29. The van der Waals surface area contributed by atoms with Gasteiger partial charge in [-0.25, -0.2) is 19.7 Å². The molecule has 0 bridgehead atoms. The highest BCUT2D eigenvalue weighted by atomic mass is 32.2. The summed E-state index contributed by atoms with van der Waals surface area (Å²) in [6.07, 6.45) is 4.30. The molecule has 0 saturated carbocycles. The fourth-order valence-corrected chi connectivity index (χ4v) is 1.94. The number of sulfonamides is 1. The maximum absolute atomic E-state index is 11.7. The normalized spacial score (nSPS) is 11.0. The summed E-state index contributed by atoms with van der Waals surface area (Å²) in [5.74, 6) is 0.0214. The van der Waals surface area contributed by atoms with E-state index >= 15 is 0 Å². The third-order valence-electron chi connectivity index (χ3n) is 1.70. The third-order valence-corrected chi connectivity index (χ3v) is 2.95. The van der Waals surface area contributed by atoms with Crippen LogP contribution in [-0.2, 0) is 10.0 Å². The quantitative estimate of drug-likeness (QED) is 0.846. The van der Waals surface area contributed by atoms with Crippen molar-refractivity contribution >= 4 is 16.0 Å². The van der Waals surface area contributed by atoms with E-state index in [0.717, 1.165) is 0 Å². The number of nitrogens with zero attached hydrogens (tertiary/aromatic N) is 3. The van der Waals surface area contributed by atoms with E-state index in [1.54, 1.807) is 18.2 Å². The summed E-state index contributed by atoms with van der Waals surface area (Å²) in [5, 5.41) is -0.0672. The van der Waals surface area contributed by atoms with Crippen LogP contribution in [0.5, 0.6) is 0 Å². The summed E-state index contributed by atoms with van der Waals surface area (Å²) in [6, 6.07) is 6.22. The predicted molar refractivity (Wildman–Crippen MR) is 57.1 cm³/mol. The van der Waals surface area contributed by atoms with Crippen LogP contribution < -0.4 is 4.72 Å². The van der Waals surface area contributed by atoms with Gasteiger partial charge in [-0.1, -0.05) is 6.07 Å². The molecule has 0 radical (unpaired) electrons. The maximum atomic E-state index is 11.7. The maximum Gasteiger partial charge on any atom is 0.281 e. The van der Waals surface area contributed by atoms with E-state index in [4.69, 9.17) is 0 Å². The summed E-state index contributed by atoms with van der Waals surface area (Å²) < 4.78 is 25.7. The van der Waals surface area contributed by atoms with Crippen molar-refractivity contribution < 1.29 is 8.42 Å². The van der Waals surface area contributed by atoms with Gasteiger partial charge in [0, 0.05) is 18.6 Å². The average Bonchev–Trinajstić information content (AvgIpc) is 2.31. The molecule has 0 unspecified atom stereocenters. The van der Waals surface area contributed by atoms with Gasteiger partial charge in [0.1, 0.15) is 0 Å². The minimum Gasteiger partial charge on any atom is -0.246 e. The number of aromatic nitrogens is 3. The lowest BCUT2D eigenvalue weighted by atomic mass is 10.5. The Morgan fingerprint density at radius 1 is 0.938 bits per heavy atom. The van der Waals surface area contributed by atoms with Gasteiger partial charge in [-0.3, -0.25) is 0 Å². The number of pyridine rings is 1. The second kappa shape index (κ2) is 4.23. The van der Waals surface area contributed by atoms with Crippen LogP contribution in [0.3, 0.4) is 0 Å². The molecule has 2 heterocycles. The fourth-order valence-electron chi connectivity index (χ4n) is 1.03. The first-order valence-electron chi connectivity index (χ1n) is 4.39. The number of hydrogen-bond acceptors (Lipinski definition) is 5. The largest absolute Gasteiger partial charge is 0.281 e. The molecule has 1 N–H and O–H groups in total. The van der Waals surface area contributed by atoms with E-state index < -0.39 is 10.0 Å². The molecule has 0 aliphatic rings. The van der Waals surface area contributed by atoms with Crippen molar-refractivity contribution in [2.45, 2.75) is 5.03 Å². The first kappa shape index (κ1) is 10.5. The Kier molecular flexibility index (Phi) is 2.78. The van der Waals surface area contributed by atoms with Crippen LogP contribution in [0, 0.1) is 0 Å². The molecule has 0 spiro atoms. The zero-order valence-corrected chi connectivity index (χ0v) is 8.92. The topological polar surface area (TPSA) is 84.8 Å². The van der Waals surface area contributed by atoms with E-state index in [1.165, 1.54) is 24.7 Å². The Morgan fingerprint density at radius 2 is 1.62 bits per heavy atom. The van der Waals surface area contributed by atoms with Crippen molar-refractivity contribution in [1.82, 2.24) is 15.0 Å². The summed E-state index contributed by atoms with van der Waals surface area (Å²) in [6.45, 7) is 0. The molecule has 0 aromatic carbocycles. The van der Waals surface area contributed by atoms with Gasteiger partial charge in [-0.15, -0.1) is 0 Å². The third kappa shape index (κ3) is 2.31. The van der Waals surface area contributed by atoms with Crippen molar-refractivity contribution in [1.29, 1.82) is 0 Å². The van der Waals surface area contributed by atoms with Crippen LogP contribution in [0.2, 0.25) is 0 Å². The van der Waals surface area contributed by atoms with E-state index in [9.17, 15) is 8.42 Å². The smallest absolute Gasteiger partial charge is 0.246 e. The zero-order valence-electron chi connectivity index (χ0n) is 8.11. The minimum absolute atomic E-state index is 0.0214. The van der Waals surface area contributed by atoms with Crippen molar-refractivity contribution in [3.05, 3.63) is 42.9 Å². The molecule has 82 valence electrons. The lowest BCUT2D eigenvalue weighted by Crippen LogP contribution is -2.15. The predicted octanol–water partition coefficient (Wildman–Crippen LogP) is 0.672. The van der Waals surface area contributed by atoms with E-state index in [1.807, 2.05) is 0 Å². The number of nitrogens with one attached hydrogen (secondary N) is 1. The van der Waals surface area contributed by atoms with E-state index in [0.29, 0.717) is 0 Å². The first-order valence-corrected chi connectivity index (χ1v) is 5.88. The molecular formula is C9H8N4O2S. The molecule has 2 rings (SSSR count). The molecule has 0 saturated heterocycles. The van der Waals surface area contributed by atoms with Crippen LogP contribution in [-0.4, -0.2) is 23.4 Å². The van der Waals surface area contributed by atoms with Gasteiger partial charge < -0.3 is 0 Å². The lowest BCUT2D eigenvalue weighted by molar-refractivity contribution is 0.597.